The molecule has 0 saturated carbocycles. The van der Waals surface area contributed by atoms with Crippen LogP contribution in [-0.4, -0.2) is 27.5 Å². The number of carbonyl (C=O) groups is 1. The predicted octanol–water partition coefficient (Wildman–Crippen LogP) is 3.04. The van der Waals surface area contributed by atoms with E-state index in [1.54, 1.807) is 11.3 Å². The average Bonchev–Trinajstić information content (AvgIpc) is 3.07. The number of nitrogens with zero attached hydrogens (tertiary/aromatic N) is 3. The van der Waals surface area contributed by atoms with Crippen LogP contribution in [0, 0.1) is 13.8 Å². The third-order valence-corrected chi connectivity index (χ3v) is 4.82. The molecule has 2 aromatic heterocycles. The van der Waals surface area contributed by atoms with Crippen LogP contribution in [0.25, 0.3) is 0 Å². The monoisotopic (exact) mass is 305 g/mol. The van der Waals surface area contributed by atoms with Gasteiger partial charge in [0.2, 0.25) is 5.91 Å². The Kier molecular flexibility index (Phi) is 4.05. The first-order valence-corrected chi connectivity index (χ1v) is 8.15. The molecule has 1 saturated heterocycles. The summed E-state index contributed by atoms with van der Waals surface area (Å²) in [6.45, 7) is 4.63. The standard InChI is InChI=1S/C15H19N3O2S/c1-10-9-21-15(16-10)13-5-3-4-6-18(13)14(19)8-12-7-11(2)20-17-12/h7,9,13H,3-6,8H2,1-2H3. The highest BCUT2D eigenvalue weighted by Gasteiger charge is 2.30. The summed E-state index contributed by atoms with van der Waals surface area (Å²) >= 11 is 1.65. The second-order valence-electron chi connectivity index (χ2n) is 5.53. The lowest BCUT2D eigenvalue weighted by Crippen LogP contribution is -2.39. The zero-order valence-electron chi connectivity index (χ0n) is 12.3. The van der Waals surface area contributed by atoms with E-state index in [1.165, 1.54) is 0 Å². The van der Waals surface area contributed by atoms with Gasteiger partial charge in [-0.1, -0.05) is 5.16 Å². The number of aryl methyl sites for hydroxylation is 2. The highest BCUT2D eigenvalue weighted by atomic mass is 32.1. The van der Waals surface area contributed by atoms with Crippen molar-refractivity contribution in [2.45, 2.75) is 45.6 Å². The molecule has 1 atom stereocenters. The molecule has 5 nitrogen and oxygen atoms in total. The van der Waals surface area contributed by atoms with Gasteiger partial charge in [-0.2, -0.15) is 0 Å². The minimum atomic E-state index is 0.112. The van der Waals surface area contributed by atoms with Crippen molar-refractivity contribution in [1.29, 1.82) is 0 Å². The van der Waals surface area contributed by atoms with E-state index in [2.05, 4.69) is 10.1 Å². The fourth-order valence-electron chi connectivity index (χ4n) is 2.77. The molecule has 1 aliphatic heterocycles. The summed E-state index contributed by atoms with van der Waals surface area (Å²) in [5.41, 5.74) is 1.73. The lowest BCUT2D eigenvalue weighted by molar-refractivity contribution is -0.134. The van der Waals surface area contributed by atoms with Crippen LogP contribution in [0.4, 0.5) is 0 Å². The van der Waals surface area contributed by atoms with Crippen molar-refractivity contribution in [3.05, 3.63) is 33.6 Å². The van der Waals surface area contributed by atoms with Crippen LogP contribution in [0.1, 0.15) is 47.5 Å². The Balaban J connectivity index is 1.75. The van der Waals surface area contributed by atoms with Crippen LogP contribution >= 0.6 is 11.3 Å². The van der Waals surface area contributed by atoms with Crippen LogP contribution in [0.3, 0.4) is 0 Å². The Morgan fingerprint density at radius 2 is 2.33 bits per heavy atom. The van der Waals surface area contributed by atoms with Crippen molar-refractivity contribution in [2.24, 2.45) is 0 Å². The van der Waals surface area contributed by atoms with Crippen molar-refractivity contribution in [1.82, 2.24) is 15.0 Å². The summed E-state index contributed by atoms with van der Waals surface area (Å²) in [6.07, 6.45) is 3.51. The molecule has 1 aliphatic rings. The summed E-state index contributed by atoms with van der Waals surface area (Å²) in [7, 11) is 0. The third kappa shape index (κ3) is 3.15. The number of hydrogen-bond acceptors (Lipinski definition) is 5. The minimum Gasteiger partial charge on any atom is -0.361 e. The quantitative estimate of drug-likeness (QED) is 0.874. The molecule has 21 heavy (non-hydrogen) atoms. The zero-order chi connectivity index (χ0) is 14.8. The number of rotatable bonds is 3. The van der Waals surface area contributed by atoms with Gasteiger partial charge in [0, 0.05) is 23.7 Å². The van der Waals surface area contributed by atoms with Crippen molar-refractivity contribution in [3.63, 3.8) is 0 Å². The maximum atomic E-state index is 12.6. The smallest absolute Gasteiger partial charge is 0.229 e. The Labute approximate surface area is 128 Å². The van der Waals surface area contributed by atoms with Gasteiger partial charge in [0.05, 0.1) is 18.2 Å². The molecule has 1 fully saturated rings. The normalized spacial score (nSPS) is 19.0. The number of piperidine rings is 1. The Bertz CT molecular complexity index is 634. The van der Waals surface area contributed by atoms with Crippen molar-refractivity contribution >= 4 is 17.2 Å². The van der Waals surface area contributed by atoms with E-state index in [0.29, 0.717) is 12.1 Å². The molecule has 0 bridgehead atoms. The topological polar surface area (TPSA) is 59.2 Å². The molecule has 0 spiro atoms. The summed E-state index contributed by atoms with van der Waals surface area (Å²) < 4.78 is 5.04. The fourth-order valence-corrected chi connectivity index (χ4v) is 3.71. The molecule has 0 radical (unpaired) electrons. The summed E-state index contributed by atoms with van der Waals surface area (Å²) in [5.74, 6) is 0.851. The first kappa shape index (κ1) is 14.3. The molecule has 0 N–H and O–H groups in total. The number of amides is 1. The van der Waals surface area contributed by atoms with E-state index < -0.39 is 0 Å². The van der Waals surface area contributed by atoms with Crippen LogP contribution in [0.5, 0.6) is 0 Å². The van der Waals surface area contributed by atoms with Gasteiger partial charge in [-0.3, -0.25) is 4.79 Å². The molecule has 0 aliphatic carbocycles. The summed E-state index contributed by atoms with van der Waals surface area (Å²) in [6, 6.07) is 1.95. The SMILES string of the molecule is Cc1csc(C2CCCCN2C(=O)Cc2cc(C)on2)n1. The molecule has 112 valence electrons. The molecule has 2 aromatic rings. The highest BCUT2D eigenvalue weighted by Crippen LogP contribution is 2.33. The first-order chi connectivity index (χ1) is 10.1. The highest BCUT2D eigenvalue weighted by molar-refractivity contribution is 7.09. The van der Waals surface area contributed by atoms with Crippen molar-refractivity contribution in [3.8, 4) is 0 Å². The maximum absolute atomic E-state index is 12.6. The van der Waals surface area contributed by atoms with E-state index in [-0.39, 0.29) is 11.9 Å². The molecule has 6 heteroatoms. The largest absolute Gasteiger partial charge is 0.361 e. The fraction of sp³-hybridized carbons (Fsp3) is 0.533. The van der Waals surface area contributed by atoms with Gasteiger partial charge in [0.15, 0.2) is 0 Å². The van der Waals surface area contributed by atoms with E-state index >= 15 is 0 Å². The minimum absolute atomic E-state index is 0.112. The van der Waals surface area contributed by atoms with Gasteiger partial charge in [0.25, 0.3) is 0 Å². The molecule has 3 rings (SSSR count). The Morgan fingerprint density at radius 1 is 1.48 bits per heavy atom. The molecular weight excluding hydrogens is 286 g/mol. The molecular formula is C15H19N3O2S. The second kappa shape index (κ2) is 5.97. The van der Waals surface area contributed by atoms with Crippen LogP contribution in [-0.2, 0) is 11.2 Å². The first-order valence-electron chi connectivity index (χ1n) is 7.27. The van der Waals surface area contributed by atoms with Gasteiger partial charge in [-0.05, 0) is 33.1 Å². The average molecular weight is 305 g/mol. The molecule has 1 unspecified atom stereocenters. The second-order valence-corrected chi connectivity index (χ2v) is 6.42. The number of aromatic nitrogens is 2. The van der Waals surface area contributed by atoms with Gasteiger partial charge in [-0.25, -0.2) is 4.98 Å². The molecule has 1 amide bonds. The number of hydrogen-bond donors (Lipinski definition) is 0. The van der Waals surface area contributed by atoms with Crippen LogP contribution in [0.2, 0.25) is 0 Å². The Morgan fingerprint density at radius 3 is 3.00 bits per heavy atom. The number of carbonyl (C=O) groups excluding carboxylic acids is 1. The summed E-state index contributed by atoms with van der Waals surface area (Å²) in [5, 5.41) is 7.02. The third-order valence-electron chi connectivity index (χ3n) is 3.75. The number of likely N-dealkylation sites (tertiary alicyclic amines) is 1. The van der Waals surface area contributed by atoms with Crippen molar-refractivity contribution < 1.29 is 9.32 Å². The van der Waals surface area contributed by atoms with E-state index in [1.807, 2.05) is 30.2 Å². The van der Waals surface area contributed by atoms with Crippen LogP contribution in [0.15, 0.2) is 16.0 Å². The molecule has 0 aromatic carbocycles. The number of thiazole rings is 1. The van der Waals surface area contributed by atoms with Gasteiger partial charge in [0.1, 0.15) is 10.8 Å². The van der Waals surface area contributed by atoms with Gasteiger partial charge in [-0.15, -0.1) is 11.3 Å². The lowest BCUT2D eigenvalue weighted by atomic mass is 10.0. The van der Waals surface area contributed by atoms with E-state index in [0.717, 1.165) is 42.3 Å². The van der Waals surface area contributed by atoms with Crippen LogP contribution < -0.4 is 0 Å². The maximum Gasteiger partial charge on any atom is 0.229 e. The van der Waals surface area contributed by atoms with E-state index in [9.17, 15) is 4.79 Å². The molecule has 3 heterocycles. The predicted molar refractivity (Wildman–Crippen MR) is 80.1 cm³/mol. The van der Waals surface area contributed by atoms with Gasteiger partial charge < -0.3 is 9.42 Å². The van der Waals surface area contributed by atoms with Crippen molar-refractivity contribution in [2.75, 3.05) is 6.54 Å². The lowest BCUT2D eigenvalue weighted by Gasteiger charge is -2.34. The Hall–Kier alpha value is -1.69. The van der Waals surface area contributed by atoms with Gasteiger partial charge >= 0.3 is 0 Å². The van der Waals surface area contributed by atoms with E-state index in [4.69, 9.17) is 4.52 Å². The summed E-state index contributed by atoms with van der Waals surface area (Å²) in [4.78, 5) is 19.1. The zero-order valence-corrected chi connectivity index (χ0v) is 13.2.